The Kier molecular flexibility index (Phi) is 3.33. The fraction of sp³-hybridized carbons (Fsp3) is 0.667. The van der Waals surface area contributed by atoms with Crippen molar-refractivity contribution in [2.45, 2.75) is 37.1 Å². The van der Waals surface area contributed by atoms with Crippen molar-refractivity contribution in [2.75, 3.05) is 6.61 Å². The van der Waals surface area contributed by atoms with Crippen LogP contribution in [-0.4, -0.2) is 59.6 Å². The van der Waals surface area contributed by atoms with Gasteiger partial charge in [0, 0.05) is 23.9 Å². The molecular formula is C12H16FN3O4. The monoisotopic (exact) mass is 285 g/mol. The van der Waals surface area contributed by atoms with Crippen LogP contribution in [0.15, 0.2) is 16.3 Å². The molecule has 3 aliphatic heterocycles. The molecule has 1 amide bonds. The highest BCUT2D eigenvalue weighted by atomic mass is 19.1. The molecule has 3 rings (SSSR count). The first kappa shape index (κ1) is 13.6. The molecule has 0 aromatic heterocycles. The number of ether oxygens (including phenoxy) is 1. The van der Waals surface area contributed by atoms with E-state index < -0.39 is 43.2 Å². The number of carbonyl (C=O) groups excluding carboxylic acids is 1. The van der Waals surface area contributed by atoms with E-state index in [-0.39, 0.29) is 5.91 Å². The minimum absolute atomic E-state index is 0.341. The molecule has 6 atom stereocenters. The molecule has 1 fully saturated rings. The highest BCUT2D eigenvalue weighted by Gasteiger charge is 2.49. The molecular weight excluding hydrogens is 269 g/mol. The summed E-state index contributed by atoms with van der Waals surface area (Å²) < 4.78 is 19.1. The van der Waals surface area contributed by atoms with Crippen molar-refractivity contribution in [3.8, 4) is 0 Å². The van der Waals surface area contributed by atoms with Crippen LogP contribution in [0.1, 0.15) is 6.42 Å². The van der Waals surface area contributed by atoms with Crippen LogP contribution < -0.4 is 11.1 Å². The number of aliphatic hydroxyl groups excluding tert-OH is 2. The average Bonchev–Trinajstić information content (AvgIpc) is 2.94. The van der Waals surface area contributed by atoms with Gasteiger partial charge in [0.1, 0.15) is 18.3 Å². The highest BCUT2D eigenvalue weighted by molar-refractivity contribution is 6.03. The summed E-state index contributed by atoms with van der Waals surface area (Å²) in [5, 5.41) is 21.9. The molecule has 8 heteroatoms. The first-order chi connectivity index (χ1) is 9.52. The number of halogens is 1. The fourth-order valence-electron chi connectivity index (χ4n) is 2.92. The SMILES string of the molecule is NC1CC2=C(N1)C([C@@H]1O[C@H](CO)[C@@H](F)[C@H]1O)C=NC2=O. The Hall–Kier alpha value is -1.35. The average molecular weight is 285 g/mol. The normalized spacial score (nSPS) is 43.9. The molecule has 3 heterocycles. The minimum atomic E-state index is -1.67. The van der Waals surface area contributed by atoms with Gasteiger partial charge >= 0.3 is 0 Å². The Labute approximate surface area is 114 Å². The summed E-state index contributed by atoms with van der Waals surface area (Å²) in [6.07, 6.45) is -3.75. The van der Waals surface area contributed by atoms with Gasteiger partial charge in [-0.1, -0.05) is 0 Å². The Morgan fingerprint density at radius 3 is 3.00 bits per heavy atom. The van der Waals surface area contributed by atoms with Crippen LogP contribution in [0.2, 0.25) is 0 Å². The largest absolute Gasteiger partial charge is 0.394 e. The number of rotatable bonds is 2. The number of alkyl halides is 1. The first-order valence-electron chi connectivity index (χ1n) is 6.45. The molecule has 0 radical (unpaired) electrons. The van der Waals surface area contributed by atoms with Gasteiger partial charge in [0.2, 0.25) is 0 Å². The third kappa shape index (κ3) is 1.96. The molecule has 0 aliphatic carbocycles. The van der Waals surface area contributed by atoms with E-state index in [2.05, 4.69) is 10.3 Å². The third-order valence-electron chi connectivity index (χ3n) is 3.92. The van der Waals surface area contributed by atoms with Gasteiger partial charge in [-0.3, -0.25) is 4.79 Å². The lowest BCUT2D eigenvalue weighted by Crippen LogP contribution is -2.41. The van der Waals surface area contributed by atoms with E-state index in [1.54, 1.807) is 0 Å². The van der Waals surface area contributed by atoms with Crippen LogP contribution in [-0.2, 0) is 9.53 Å². The zero-order valence-corrected chi connectivity index (χ0v) is 10.6. The van der Waals surface area contributed by atoms with Crippen LogP contribution >= 0.6 is 0 Å². The molecule has 0 aromatic carbocycles. The van der Waals surface area contributed by atoms with E-state index in [9.17, 15) is 14.3 Å². The smallest absolute Gasteiger partial charge is 0.274 e. The maximum Gasteiger partial charge on any atom is 0.274 e. The molecule has 5 N–H and O–H groups in total. The Morgan fingerprint density at radius 1 is 1.60 bits per heavy atom. The molecule has 7 nitrogen and oxygen atoms in total. The maximum atomic E-state index is 13.8. The van der Waals surface area contributed by atoms with Crippen LogP contribution in [0.3, 0.4) is 0 Å². The second-order valence-electron chi connectivity index (χ2n) is 5.21. The summed E-state index contributed by atoms with van der Waals surface area (Å²) in [6, 6.07) is 0. The van der Waals surface area contributed by atoms with Crippen LogP contribution in [0.5, 0.6) is 0 Å². The number of aliphatic imine (C=N–C) groups is 1. The summed E-state index contributed by atoms with van der Waals surface area (Å²) in [7, 11) is 0. The Morgan fingerprint density at radius 2 is 2.35 bits per heavy atom. The van der Waals surface area contributed by atoms with Crippen molar-refractivity contribution < 1.29 is 24.1 Å². The van der Waals surface area contributed by atoms with Gasteiger partial charge in [0.05, 0.1) is 18.7 Å². The van der Waals surface area contributed by atoms with Gasteiger partial charge in [-0.2, -0.15) is 0 Å². The van der Waals surface area contributed by atoms with Gasteiger partial charge in [-0.25, -0.2) is 9.38 Å². The lowest BCUT2D eigenvalue weighted by Gasteiger charge is -2.26. The zero-order chi connectivity index (χ0) is 14.4. The quantitative estimate of drug-likeness (QED) is 0.476. The molecule has 0 spiro atoms. The standard InChI is InChI=1S/C12H16FN3O4/c13-8-6(3-17)20-11(10(8)18)5-2-15-12(19)4-1-7(14)16-9(4)5/h2,5-8,10-11,16-18H,1,3,14H2/t5?,6-,7?,8-,10-,11+/m1/s1. The number of dihydropyridines is 1. The van der Waals surface area contributed by atoms with Crippen LogP contribution in [0, 0.1) is 5.92 Å². The van der Waals surface area contributed by atoms with Gasteiger partial charge in [0.25, 0.3) is 5.91 Å². The summed E-state index contributed by atoms with van der Waals surface area (Å²) in [4.78, 5) is 15.4. The number of hydrogen-bond donors (Lipinski definition) is 4. The first-order valence-corrected chi connectivity index (χ1v) is 6.45. The van der Waals surface area contributed by atoms with Crippen molar-refractivity contribution in [2.24, 2.45) is 16.6 Å². The highest BCUT2D eigenvalue weighted by Crippen LogP contribution is 2.35. The van der Waals surface area contributed by atoms with Gasteiger partial charge in [-0.15, -0.1) is 0 Å². The molecule has 3 aliphatic rings. The lowest BCUT2D eigenvalue weighted by molar-refractivity contribution is -0.114. The third-order valence-corrected chi connectivity index (χ3v) is 3.92. The van der Waals surface area contributed by atoms with Crippen molar-refractivity contribution >= 4 is 12.1 Å². The Balaban J connectivity index is 1.87. The molecule has 0 saturated carbocycles. The maximum absolute atomic E-state index is 13.8. The summed E-state index contributed by atoms with van der Waals surface area (Å²) in [5.41, 5.74) is 6.74. The van der Waals surface area contributed by atoms with E-state index in [0.29, 0.717) is 17.7 Å². The predicted octanol–water partition coefficient (Wildman–Crippen LogP) is -1.80. The van der Waals surface area contributed by atoms with E-state index >= 15 is 0 Å². The number of nitrogens with one attached hydrogen (secondary N) is 1. The minimum Gasteiger partial charge on any atom is -0.394 e. The second kappa shape index (κ2) is 4.88. The molecule has 0 bridgehead atoms. The number of nitrogens with zero attached hydrogens (tertiary/aromatic N) is 1. The fourth-order valence-corrected chi connectivity index (χ4v) is 2.92. The number of nitrogens with two attached hydrogens (primary N) is 1. The van der Waals surface area contributed by atoms with Crippen LogP contribution in [0.25, 0.3) is 0 Å². The van der Waals surface area contributed by atoms with Crippen molar-refractivity contribution in [1.82, 2.24) is 5.32 Å². The molecule has 20 heavy (non-hydrogen) atoms. The summed E-state index contributed by atoms with van der Waals surface area (Å²) >= 11 is 0. The van der Waals surface area contributed by atoms with Gasteiger partial charge < -0.3 is 26.0 Å². The molecule has 110 valence electrons. The number of hydrogen-bond acceptors (Lipinski definition) is 6. The zero-order valence-electron chi connectivity index (χ0n) is 10.6. The Bertz CT molecular complexity index is 495. The van der Waals surface area contributed by atoms with E-state index in [1.807, 2.05) is 0 Å². The van der Waals surface area contributed by atoms with Gasteiger partial charge in [-0.05, 0) is 0 Å². The van der Waals surface area contributed by atoms with Gasteiger partial charge in [0.15, 0.2) is 6.17 Å². The number of amides is 1. The molecule has 1 saturated heterocycles. The second-order valence-corrected chi connectivity index (χ2v) is 5.21. The van der Waals surface area contributed by atoms with Crippen molar-refractivity contribution in [3.05, 3.63) is 11.3 Å². The molecule has 0 aromatic rings. The predicted molar refractivity (Wildman–Crippen MR) is 66.4 cm³/mol. The summed E-state index contributed by atoms with van der Waals surface area (Å²) in [6.45, 7) is -0.517. The van der Waals surface area contributed by atoms with E-state index in [4.69, 9.17) is 15.6 Å². The number of aliphatic hydroxyl groups is 2. The molecule has 2 unspecified atom stereocenters. The topological polar surface area (TPSA) is 117 Å². The van der Waals surface area contributed by atoms with E-state index in [1.165, 1.54) is 6.21 Å². The van der Waals surface area contributed by atoms with Crippen LogP contribution in [0.4, 0.5) is 4.39 Å². The summed E-state index contributed by atoms with van der Waals surface area (Å²) in [5.74, 6) is -0.944. The number of carbonyl (C=O) groups is 1. The lowest BCUT2D eigenvalue weighted by atomic mass is 9.90. The van der Waals surface area contributed by atoms with Crippen molar-refractivity contribution in [1.29, 1.82) is 0 Å². The van der Waals surface area contributed by atoms with E-state index in [0.717, 1.165) is 0 Å². The van der Waals surface area contributed by atoms with Crippen molar-refractivity contribution in [3.63, 3.8) is 0 Å².